The largest absolute Gasteiger partial charge is 0.465 e. The predicted octanol–water partition coefficient (Wildman–Crippen LogP) is 1.45. The molecule has 1 aromatic rings. The van der Waals surface area contributed by atoms with E-state index in [1.807, 2.05) is 0 Å². The van der Waals surface area contributed by atoms with Gasteiger partial charge < -0.3 is 9.64 Å². The highest BCUT2D eigenvalue weighted by Gasteiger charge is 2.25. The molecule has 0 radical (unpaired) electrons. The van der Waals surface area contributed by atoms with Gasteiger partial charge in [0, 0.05) is 14.1 Å². The van der Waals surface area contributed by atoms with Crippen molar-refractivity contribution in [2.24, 2.45) is 0 Å². The van der Waals surface area contributed by atoms with Gasteiger partial charge in [-0.25, -0.2) is 4.79 Å². The number of benzene rings is 1. The molecule has 0 bridgehead atoms. The van der Waals surface area contributed by atoms with Gasteiger partial charge in [0.25, 0.3) is 0 Å². The zero-order chi connectivity index (χ0) is 12.3. The second-order valence-electron chi connectivity index (χ2n) is 3.32. The van der Waals surface area contributed by atoms with Crippen molar-refractivity contribution in [1.29, 1.82) is 0 Å². The lowest BCUT2D eigenvalue weighted by atomic mass is 10.1. The smallest absolute Gasteiger partial charge is 0.344 e. The van der Waals surface area contributed by atoms with E-state index < -0.39 is 10.9 Å². The maximum atomic E-state index is 11.4. The van der Waals surface area contributed by atoms with E-state index in [4.69, 9.17) is 0 Å². The van der Waals surface area contributed by atoms with Crippen molar-refractivity contribution >= 4 is 17.3 Å². The molecule has 86 valence electrons. The van der Waals surface area contributed by atoms with Gasteiger partial charge >= 0.3 is 11.7 Å². The van der Waals surface area contributed by atoms with Crippen molar-refractivity contribution < 1.29 is 14.5 Å². The van der Waals surface area contributed by atoms with E-state index in [1.165, 1.54) is 13.2 Å². The van der Waals surface area contributed by atoms with Crippen LogP contribution in [0.15, 0.2) is 18.2 Å². The van der Waals surface area contributed by atoms with Gasteiger partial charge in [-0.2, -0.15) is 0 Å². The molecule has 0 amide bonds. The quantitative estimate of drug-likeness (QED) is 0.441. The SMILES string of the molecule is COC(=O)c1cccc(N(C)C)c1[N+](=O)[O-]. The van der Waals surface area contributed by atoms with Gasteiger partial charge in [-0.3, -0.25) is 10.1 Å². The maximum absolute atomic E-state index is 11.4. The van der Waals surface area contributed by atoms with E-state index in [2.05, 4.69) is 4.74 Å². The van der Waals surface area contributed by atoms with Crippen LogP contribution in [0.25, 0.3) is 0 Å². The molecule has 0 unspecified atom stereocenters. The molecule has 0 aliphatic rings. The number of methoxy groups -OCH3 is 1. The van der Waals surface area contributed by atoms with Crippen LogP contribution < -0.4 is 4.90 Å². The molecular weight excluding hydrogens is 212 g/mol. The van der Waals surface area contributed by atoms with Crippen LogP contribution in [0.1, 0.15) is 10.4 Å². The van der Waals surface area contributed by atoms with Gasteiger partial charge in [0.05, 0.1) is 12.0 Å². The number of carbonyl (C=O) groups excluding carboxylic acids is 1. The van der Waals surface area contributed by atoms with Crippen LogP contribution in [0, 0.1) is 10.1 Å². The zero-order valence-corrected chi connectivity index (χ0v) is 9.26. The molecule has 0 heterocycles. The number of para-hydroxylation sites is 1. The number of rotatable bonds is 3. The number of carbonyl (C=O) groups is 1. The van der Waals surface area contributed by atoms with Crippen molar-refractivity contribution in [2.45, 2.75) is 0 Å². The minimum absolute atomic E-state index is 0.0429. The first kappa shape index (κ1) is 12.0. The van der Waals surface area contributed by atoms with Gasteiger partial charge in [0.1, 0.15) is 11.3 Å². The maximum Gasteiger partial charge on any atom is 0.344 e. The standard InChI is InChI=1S/C10H12N2O4/c1-11(2)8-6-4-5-7(10(13)16-3)9(8)12(14)15/h4-6H,1-3H3. The fourth-order valence-electron chi connectivity index (χ4n) is 1.36. The highest BCUT2D eigenvalue weighted by molar-refractivity contribution is 5.96. The molecule has 6 nitrogen and oxygen atoms in total. The van der Waals surface area contributed by atoms with Crippen LogP contribution in [0.3, 0.4) is 0 Å². The molecule has 16 heavy (non-hydrogen) atoms. The summed E-state index contributed by atoms with van der Waals surface area (Å²) in [7, 11) is 4.53. The highest BCUT2D eigenvalue weighted by atomic mass is 16.6. The van der Waals surface area contributed by atoms with Gasteiger partial charge in [-0.1, -0.05) is 6.07 Å². The Bertz CT molecular complexity index is 429. The molecule has 0 saturated heterocycles. The van der Waals surface area contributed by atoms with Gasteiger partial charge in [0.15, 0.2) is 0 Å². The molecule has 0 fully saturated rings. The highest BCUT2D eigenvalue weighted by Crippen LogP contribution is 2.30. The molecule has 1 rings (SSSR count). The minimum atomic E-state index is -0.713. The van der Waals surface area contributed by atoms with Gasteiger partial charge in [0.2, 0.25) is 0 Å². The Labute approximate surface area is 92.6 Å². The van der Waals surface area contributed by atoms with Crippen molar-refractivity contribution in [1.82, 2.24) is 0 Å². The lowest BCUT2D eigenvalue weighted by Crippen LogP contribution is -2.14. The minimum Gasteiger partial charge on any atom is -0.465 e. The first-order valence-corrected chi connectivity index (χ1v) is 4.52. The Morgan fingerprint density at radius 2 is 2.06 bits per heavy atom. The van der Waals surface area contributed by atoms with Crippen LogP contribution in [-0.2, 0) is 4.74 Å². The number of nitro benzene ring substituents is 1. The molecular formula is C10H12N2O4. The van der Waals surface area contributed by atoms with E-state index in [-0.39, 0.29) is 11.3 Å². The summed E-state index contributed by atoms with van der Waals surface area (Å²) >= 11 is 0. The summed E-state index contributed by atoms with van der Waals surface area (Å²) in [5.74, 6) is -0.713. The second kappa shape index (κ2) is 4.61. The number of nitrogens with zero attached hydrogens (tertiary/aromatic N) is 2. The monoisotopic (exact) mass is 224 g/mol. The predicted molar refractivity (Wildman–Crippen MR) is 58.8 cm³/mol. The average Bonchev–Trinajstić information content (AvgIpc) is 2.26. The Morgan fingerprint density at radius 3 is 2.50 bits per heavy atom. The fourth-order valence-corrected chi connectivity index (χ4v) is 1.36. The third-order valence-electron chi connectivity index (χ3n) is 2.08. The first-order chi connectivity index (χ1) is 7.49. The third-order valence-corrected chi connectivity index (χ3v) is 2.08. The number of hydrogen-bond donors (Lipinski definition) is 0. The average molecular weight is 224 g/mol. The Kier molecular flexibility index (Phi) is 3.44. The normalized spacial score (nSPS) is 9.69. The number of hydrogen-bond acceptors (Lipinski definition) is 5. The molecule has 0 aliphatic carbocycles. The van der Waals surface area contributed by atoms with E-state index in [9.17, 15) is 14.9 Å². The number of anilines is 1. The van der Waals surface area contributed by atoms with Crippen molar-refractivity contribution in [3.05, 3.63) is 33.9 Å². The van der Waals surface area contributed by atoms with Gasteiger partial charge in [-0.05, 0) is 12.1 Å². The molecule has 0 aliphatic heterocycles. The Morgan fingerprint density at radius 1 is 1.44 bits per heavy atom. The summed E-state index contributed by atoms with van der Waals surface area (Å²) in [4.78, 5) is 23.3. The van der Waals surface area contributed by atoms with Crippen LogP contribution in [0.4, 0.5) is 11.4 Å². The van der Waals surface area contributed by atoms with E-state index >= 15 is 0 Å². The lowest BCUT2D eigenvalue weighted by molar-refractivity contribution is -0.384. The van der Waals surface area contributed by atoms with E-state index in [1.54, 1.807) is 31.1 Å². The molecule has 0 saturated carbocycles. The van der Waals surface area contributed by atoms with Crippen LogP contribution >= 0.6 is 0 Å². The number of nitro groups is 1. The van der Waals surface area contributed by atoms with Crippen molar-refractivity contribution in [3.8, 4) is 0 Å². The lowest BCUT2D eigenvalue weighted by Gasteiger charge is -2.13. The molecule has 6 heteroatoms. The fraction of sp³-hybridized carbons (Fsp3) is 0.300. The summed E-state index contributed by atoms with van der Waals surface area (Å²) in [6.45, 7) is 0. The van der Waals surface area contributed by atoms with Crippen LogP contribution in [-0.4, -0.2) is 32.1 Å². The van der Waals surface area contributed by atoms with Crippen LogP contribution in [0.2, 0.25) is 0 Å². The van der Waals surface area contributed by atoms with E-state index in [0.717, 1.165) is 0 Å². The van der Waals surface area contributed by atoms with E-state index in [0.29, 0.717) is 5.69 Å². The van der Waals surface area contributed by atoms with Gasteiger partial charge in [-0.15, -0.1) is 0 Å². The molecule has 1 aromatic carbocycles. The van der Waals surface area contributed by atoms with Crippen molar-refractivity contribution in [3.63, 3.8) is 0 Å². The number of esters is 1. The summed E-state index contributed by atoms with van der Waals surface area (Å²) in [6.07, 6.45) is 0. The summed E-state index contributed by atoms with van der Waals surface area (Å²) in [5.41, 5.74) is 0.0888. The molecule has 0 N–H and O–H groups in total. The Balaban J connectivity index is 3.44. The molecule has 0 aromatic heterocycles. The van der Waals surface area contributed by atoms with Crippen molar-refractivity contribution in [2.75, 3.05) is 26.1 Å². The summed E-state index contributed by atoms with van der Waals surface area (Å²) in [5, 5.41) is 10.9. The molecule has 0 atom stereocenters. The summed E-state index contributed by atoms with van der Waals surface area (Å²) < 4.78 is 4.50. The topological polar surface area (TPSA) is 72.7 Å². The number of ether oxygens (including phenoxy) is 1. The molecule has 0 spiro atoms. The third kappa shape index (κ3) is 2.10. The zero-order valence-electron chi connectivity index (χ0n) is 9.26. The Hall–Kier alpha value is -2.11. The second-order valence-corrected chi connectivity index (χ2v) is 3.32. The summed E-state index contributed by atoms with van der Waals surface area (Å²) in [6, 6.07) is 4.52. The van der Waals surface area contributed by atoms with Crippen LogP contribution in [0.5, 0.6) is 0 Å². The first-order valence-electron chi connectivity index (χ1n) is 4.52.